The van der Waals surface area contributed by atoms with Gasteiger partial charge in [-0.2, -0.15) is 0 Å². The van der Waals surface area contributed by atoms with Crippen LogP contribution in [0.1, 0.15) is 37.7 Å². The van der Waals surface area contributed by atoms with Gasteiger partial charge in [0.25, 0.3) is 0 Å². The predicted octanol–water partition coefficient (Wildman–Crippen LogP) is 3.35. The molecule has 0 spiro atoms. The van der Waals surface area contributed by atoms with Crippen molar-refractivity contribution < 1.29 is 39.1 Å². The van der Waals surface area contributed by atoms with Crippen molar-refractivity contribution in [2.45, 2.75) is 51.9 Å². The number of nitrogens with zero attached hydrogens (tertiary/aromatic N) is 1. The molecule has 0 unspecified atom stereocenters. The Morgan fingerprint density at radius 2 is 2.02 bits per heavy atom. The Morgan fingerprint density at radius 3 is 2.66 bits per heavy atom. The number of aromatic nitrogens is 1. The number of allylic oxidation sites excluding steroid dienone is 1. The Balaban J connectivity index is 1.75. The number of hydrogen-bond acceptors (Lipinski definition) is 12. The number of carbonyl (C=O) groups excluding carboxylic acids is 1. The van der Waals surface area contributed by atoms with Crippen LogP contribution in [0.5, 0.6) is 17.2 Å². The van der Waals surface area contributed by atoms with Crippen molar-refractivity contribution in [2.75, 3.05) is 25.4 Å². The summed E-state index contributed by atoms with van der Waals surface area (Å²) < 4.78 is 18.9. The fourth-order valence-electron chi connectivity index (χ4n) is 5.98. The van der Waals surface area contributed by atoms with Crippen LogP contribution in [-0.4, -0.2) is 62.8 Å². The van der Waals surface area contributed by atoms with Crippen LogP contribution in [0.25, 0.3) is 22.1 Å². The van der Waals surface area contributed by atoms with Crippen molar-refractivity contribution in [1.29, 1.82) is 0 Å². The molecule has 0 aliphatic carbocycles. The van der Waals surface area contributed by atoms with Crippen LogP contribution in [-0.2, 0) is 29.0 Å². The maximum absolute atomic E-state index is 13.6. The molecular formula is C35H39N3O9. The number of anilines is 1. The number of rotatable bonds is 11. The van der Waals surface area contributed by atoms with Gasteiger partial charge < -0.3 is 45.4 Å². The molecule has 248 valence electrons. The van der Waals surface area contributed by atoms with Gasteiger partial charge in [-0.15, -0.1) is 0 Å². The summed E-state index contributed by atoms with van der Waals surface area (Å²) in [6.07, 6.45) is 2.35. The molecule has 2 aromatic carbocycles. The summed E-state index contributed by atoms with van der Waals surface area (Å²) >= 11 is 0. The summed E-state index contributed by atoms with van der Waals surface area (Å²) in [5.74, 6) is -1.40. The number of hydrogen-bond donors (Lipinski definition) is 6. The number of fused-ring (bicyclic) bond motifs is 2. The van der Waals surface area contributed by atoms with Gasteiger partial charge in [-0.25, -0.2) is 9.78 Å². The van der Waals surface area contributed by atoms with Gasteiger partial charge in [0.15, 0.2) is 11.0 Å². The molecule has 4 aromatic rings. The first-order chi connectivity index (χ1) is 22.5. The van der Waals surface area contributed by atoms with Crippen LogP contribution >= 0.6 is 0 Å². The van der Waals surface area contributed by atoms with E-state index < -0.39 is 41.4 Å². The second kappa shape index (κ2) is 13.8. The van der Waals surface area contributed by atoms with Gasteiger partial charge in [-0.1, -0.05) is 31.2 Å². The number of aliphatic hydroxyl groups is 2. The van der Waals surface area contributed by atoms with E-state index in [9.17, 15) is 30.0 Å². The summed E-state index contributed by atoms with van der Waals surface area (Å²) in [5.41, 5.74) is 5.64. The third-order valence-electron chi connectivity index (χ3n) is 8.68. The van der Waals surface area contributed by atoms with E-state index in [0.717, 1.165) is 11.6 Å². The average molecular weight is 646 g/mol. The van der Waals surface area contributed by atoms with Crippen LogP contribution in [0.2, 0.25) is 0 Å². The number of pyridine rings is 1. The van der Waals surface area contributed by atoms with E-state index in [-0.39, 0.29) is 65.3 Å². The van der Waals surface area contributed by atoms with Crippen molar-refractivity contribution in [2.24, 2.45) is 5.92 Å². The number of benzene rings is 2. The monoisotopic (exact) mass is 645 g/mol. The van der Waals surface area contributed by atoms with Crippen molar-refractivity contribution in [3.8, 4) is 28.4 Å². The predicted molar refractivity (Wildman–Crippen MR) is 175 cm³/mol. The van der Waals surface area contributed by atoms with E-state index in [0.29, 0.717) is 23.5 Å². The first-order valence-electron chi connectivity index (χ1n) is 15.4. The van der Waals surface area contributed by atoms with Crippen molar-refractivity contribution in [3.63, 3.8) is 0 Å². The van der Waals surface area contributed by atoms with Crippen LogP contribution in [0.3, 0.4) is 0 Å². The number of ether oxygens (including phenoxy) is 2. The number of carbonyl (C=O) groups is 1. The topological polar surface area (TPSA) is 198 Å². The van der Waals surface area contributed by atoms with E-state index in [1.54, 1.807) is 50.4 Å². The Bertz CT molecular complexity index is 1870. The summed E-state index contributed by atoms with van der Waals surface area (Å²) in [7, 11) is 0. The van der Waals surface area contributed by atoms with Gasteiger partial charge in [-0.3, -0.25) is 4.79 Å². The normalized spacial score (nSPS) is 18.4. The molecule has 2 aromatic heterocycles. The smallest absolute Gasteiger partial charge is 0.335 e. The van der Waals surface area contributed by atoms with Gasteiger partial charge in [0.1, 0.15) is 52.5 Å². The van der Waals surface area contributed by atoms with Gasteiger partial charge >= 0.3 is 5.97 Å². The molecule has 0 fully saturated rings. The summed E-state index contributed by atoms with van der Waals surface area (Å²) in [4.78, 5) is 31.1. The lowest BCUT2D eigenvalue weighted by atomic mass is 9.76. The highest BCUT2D eigenvalue weighted by atomic mass is 16.6. The van der Waals surface area contributed by atoms with Gasteiger partial charge in [0, 0.05) is 42.3 Å². The second-order valence-electron chi connectivity index (χ2n) is 11.7. The standard InChI is InChI=1S/C35H39N3O9/c1-4-20(16-37-5-2)34(44)46-27-14-25-31(43)30-26(42)13-24(18-40)45-33(30)29(21-7-6-8-23(41)12-21)32(25)47-35(27,3)22(17-39)11-19-9-10-28(36)38-15-19/h4,6-10,12-13,15,22,27,37,39-41,43H,5,11,14,16-18H2,1-3H3,(H2,36,38)/b20-4-/t22-,27+,35-/m0/s1. The Kier molecular flexibility index (Phi) is 9.85. The highest BCUT2D eigenvalue weighted by molar-refractivity contribution is 6.01. The number of phenols is 2. The maximum atomic E-state index is 13.6. The highest BCUT2D eigenvalue weighted by Crippen LogP contribution is 2.52. The third-order valence-corrected chi connectivity index (χ3v) is 8.68. The number of phenolic OH excluding ortho intramolecular Hbond substituents is 2. The lowest BCUT2D eigenvalue weighted by Crippen LogP contribution is -2.57. The van der Waals surface area contributed by atoms with E-state index in [4.69, 9.17) is 19.6 Å². The van der Waals surface area contributed by atoms with E-state index >= 15 is 0 Å². The minimum Gasteiger partial charge on any atom is -0.508 e. The molecule has 0 amide bonds. The number of likely N-dealkylation sites (N-methyl/N-ethyl adjacent to an activating group) is 1. The number of esters is 1. The Labute approximate surface area is 271 Å². The zero-order valence-corrected chi connectivity index (χ0v) is 26.4. The summed E-state index contributed by atoms with van der Waals surface area (Å²) in [6, 6.07) is 10.7. The zero-order chi connectivity index (χ0) is 33.9. The summed E-state index contributed by atoms with van der Waals surface area (Å²) in [6.45, 7) is 5.28. The molecule has 47 heavy (non-hydrogen) atoms. The first-order valence-corrected chi connectivity index (χ1v) is 15.4. The number of nitrogen functional groups attached to an aromatic ring is 1. The molecule has 5 rings (SSSR count). The lowest BCUT2D eigenvalue weighted by molar-refractivity contribution is -0.166. The second-order valence-corrected chi connectivity index (χ2v) is 11.7. The van der Waals surface area contributed by atoms with Crippen molar-refractivity contribution >= 4 is 22.8 Å². The first kappa shape index (κ1) is 33.5. The maximum Gasteiger partial charge on any atom is 0.335 e. The molecule has 3 atom stereocenters. The van der Waals surface area contributed by atoms with Crippen LogP contribution in [0, 0.1) is 5.92 Å². The molecular weight excluding hydrogens is 606 g/mol. The number of aliphatic hydroxyl groups excluding tert-OH is 2. The van der Waals surface area contributed by atoms with Gasteiger partial charge in [0.2, 0.25) is 0 Å². The molecule has 7 N–H and O–H groups in total. The zero-order valence-electron chi connectivity index (χ0n) is 26.4. The quantitative estimate of drug-likeness (QED) is 0.103. The molecule has 0 bridgehead atoms. The molecule has 1 aliphatic heterocycles. The third kappa shape index (κ3) is 6.53. The minimum atomic E-state index is -1.42. The molecule has 1 aliphatic rings. The molecule has 12 heteroatoms. The van der Waals surface area contributed by atoms with Crippen LogP contribution in [0.15, 0.2) is 69.5 Å². The van der Waals surface area contributed by atoms with E-state index in [1.165, 1.54) is 12.1 Å². The SMILES string of the molecule is C/C=C(/CNCC)C(=O)O[C@@H]1Cc2c(c(-c3cccc(O)c3)c3oc(CO)cc(=O)c3c2O)O[C@@]1(C)[C@H](CO)Cc1ccc(N)nc1. The molecule has 0 saturated carbocycles. The van der Waals surface area contributed by atoms with E-state index in [2.05, 4.69) is 10.3 Å². The fraction of sp³-hybridized carbons (Fsp3) is 0.343. The number of nitrogens with one attached hydrogen (secondary N) is 1. The largest absolute Gasteiger partial charge is 0.508 e. The van der Waals surface area contributed by atoms with Gasteiger partial charge in [0.05, 0.1) is 12.2 Å². The lowest BCUT2D eigenvalue weighted by Gasteiger charge is -2.46. The number of nitrogens with two attached hydrogens (primary N) is 1. The average Bonchev–Trinajstić information content (AvgIpc) is 3.05. The molecule has 12 nitrogen and oxygen atoms in total. The molecule has 0 radical (unpaired) electrons. The fourth-order valence-corrected chi connectivity index (χ4v) is 5.98. The Hall–Kier alpha value is -4.91. The number of aromatic hydroxyl groups is 2. The van der Waals surface area contributed by atoms with E-state index in [1.807, 2.05) is 6.92 Å². The minimum absolute atomic E-state index is 0.0442. The van der Waals surface area contributed by atoms with Crippen LogP contribution in [0.4, 0.5) is 5.82 Å². The summed E-state index contributed by atoms with van der Waals surface area (Å²) in [5, 5.41) is 45.7. The van der Waals surface area contributed by atoms with Crippen LogP contribution < -0.4 is 21.2 Å². The molecule has 0 saturated heterocycles. The van der Waals surface area contributed by atoms with Crippen molar-refractivity contribution in [3.05, 3.63) is 87.4 Å². The Morgan fingerprint density at radius 1 is 1.23 bits per heavy atom. The highest BCUT2D eigenvalue weighted by Gasteiger charge is 2.51. The molecule has 3 heterocycles. The van der Waals surface area contributed by atoms with Crippen molar-refractivity contribution in [1.82, 2.24) is 10.3 Å². The van der Waals surface area contributed by atoms with Gasteiger partial charge in [-0.05, 0) is 56.1 Å².